The van der Waals surface area contributed by atoms with E-state index in [2.05, 4.69) is 5.32 Å². The van der Waals surface area contributed by atoms with Crippen LogP contribution < -0.4 is 5.32 Å². The molecule has 3 heteroatoms. The molecular formula is C11H14FNO. The molecule has 2 nitrogen and oxygen atoms in total. The van der Waals surface area contributed by atoms with E-state index in [1.807, 2.05) is 6.07 Å². The Morgan fingerprint density at radius 1 is 1.50 bits per heavy atom. The van der Waals surface area contributed by atoms with Gasteiger partial charge >= 0.3 is 0 Å². The van der Waals surface area contributed by atoms with E-state index in [1.165, 1.54) is 6.07 Å². The summed E-state index contributed by atoms with van der Waals surface area (Å²) in [5, 5.41) is 12.2. The van der Waals surface area contributed by atoms with Crippen LogP contribution >= 0.6 is 0 Å². The summed E-state index contributed by atoms with van der Waals surface area (Å²) in [6.07, 6.45) is 1.09. The Balaban J connectivity index is 2.25. The summed E-state index contributed by atoms with van der Waals surface area (Å²) < 4.78 is 13.1. The van der Waals surface area contributed by atoms with Crippen LogP contribution in [0.1, 0.15) is 23.5 Å². The average Bonchev–Trinajstić information content (AvgIpc) is 2.71. The van der Waals surface area contributed by atoms with Gasteiger partial charge in [-0.15, -0.1) is 0 Å². The van der Waals surface area contributed by atoms with E-state index in [0.717, 1.165) is 25.1 Å². The second kappa shape index (κ2) is 4.07. The summed E-state index contributed by atoms with van der Waals surface area (Å²) in [7, 11) is 0. The lowest BCUT2D eigenvalue weighted by Gasteiger charge is -2.10. The van der Waals surface area contributed by atoms with Crippen molar-refractivity contribution >= 4 is 0 Å². The van der Waals surface area contributed by atoms with E-state index in [4.69, 9.17) is 5.11 Å². The van der Waals surface area contributed by atoms with E-state index in [9.17, 15) is 4.39 Å². The maximum absolute atomic E-state index is 13.1. The first kappa shape index (κ1) is 9.62. The van der Waals surface area contributed by atoms with Gasteiger partial charge < -0.3 is 10.4 Å². The second-order valence-corrected chi connectivity index (χ2v) is 3.70. The minimum Gasteiger partial charge on any atom is -0.392 e. The van der Waals surface area contributed by atoms with Gasteiger partial charge in [0.2, 0.25) is 0 Å². The Morgan fingerprint density at radius 2 is 2.36 bits per heavy atom. The van der Waals surface area contributed by atoms with Gasteiger partial charge in [-0.3, -0.25) is 0 Å². The van der Waals surface area contributed by atoms with Gasteiger partial charge in [0.25, 0.3) is 0 Å². The van der Waals surface area contributed by atoms with Gasteiger partial charge in [0.1, 0.15) is 5.82 Å². The quantitative estimate of drug-likeness (QED) is 0.747. The summed E-state index contributed by atoms with van der Waals surface area (Å²) >= 11 is 0. The highest BCUT2D eigenvalue weighted by atomic mass is 19.1. The maximum Gasteiger partial charge on any atom is 0.128 e. The van der Waals surface area contributed by atoms with Gasteiger partial charge in [-0.25, -0.2) is 4.39 Å². The van der Waals surface area contributed by atoms with Crippen LogP contribution in [0.4, 0.5) is 4.39 Å². The van der Waals surface area contributed by atoms with Crippen molar-refractivity contribution in [1.29, 1.82) is 0 Å². The Labute approximate surface area is 82.8 Å². The van der Waals surface area contributed by atoms with Gasteiger partial charge in [0.05, 0.1) is 6.61 Å². The number of nitrogens with one attached hydrogen (secondary N) is 1. The lowest BCUT2D eigenvalue weighted by Crippen LogP contribution is -2.08. The lowest BCUT2D eigenvalue weighted by molar-refractivity contribution is 0.275. The van der Waals surface area contributed by atoms with Gasteiger partial charge in [0, 0.05) is 12.1 Å². The molecule has 1 aromatic rings. The van der Waals surface area contributed by atoms with E-state index < -0.39 is 0 Å². The van der Waals surface area contributed by atoms with Crippen LogP contribution in [0, 0.1) is 5.82 Å². The van der Waals surface area contributed by atoms with Crippen LogP contribution in [0.3, 0.4) is 0 Å². The van der Waals surface area contributed by atoms with Gasteiger partial charge in [-0.1, -0.05) is 12.1 Å². The maximum atomic E-state index is 13.1. The SMILES string of the molecule is OCc1cc(C2CCNC2)ccc1F. The second-order valence-electron chi connectivity index (χ2n) is 3.70. The Bertz CT molecular complexity index is 321. The number of rotatable bonds is 2. The van der Waals surface area contributed by atoms with Gasteiger partial charge in [-0.2, -0.15) is 0 Å². The summed E-state index contributed by atoms with van der Waals surface area (Å²) in [6, 6.07) is 5.03. The third-order valence-corrected chi connectivity index (χ3v) is 2.77. The first-order chi connectivity index (χ1) is 6.81. The van der Waals surface area contributed by atoms with Crippen LogP contribution in [0.5, 0.6) is 0 Å². The molecule has 1 unspecified atom stereocenters. The third-order valence-electron chi connectivity index (χ3n) is 2.77. The molecule has 1 saturated heterocycles. The molecule has 2 rings (SSSR count). The Hall–Kier alpha value is -0.930. The van der Waals surface area contributed by atoms with E-state index in [1.54, 1.807) is 6.07 Å². The van der Waals surface area contributed by atoms with Crippen molar-refractivity contribution in [2.75, 3.05) is 13.1 Å². The number of hydrogen-bond acceptors (Lipinski definition) is 2. The average molecular weight is 195 g/mol. The monoisotopic (exact) mass is 195 g/mol. The van der Waals surface area contributed by atoms with Crippen molar-refractivity contribution < 1.29 is 9.50 Å². The molecule has 1 heterocycles. The molecule has 1 aliphatic rings. The van der Waals surface area contributed by atoms with E-state index >= 15 is 0 Å². The predicted octanol–water partition coefficient (Wildman–Crippen LogP) is 1.39. The predicted molar refractivity (Wildman–Crippen MR) is 52.6 cm³/mol. The highest BCUT2D eigenvalue weighted by molar-refractivity contribution is 5.28. The van der Waals surface area contributed by atoms with E-state index in [0.29, 0.717) is 11.5 Å². The fraction of sp³-hybridized carbons (Fsp3) is 0.455. The molecule has 14 heavy (non-hydrogen) atoms. The molecular weight excluding hydrogens is 181 g/mol. The summed E-state index contributed by atoms with van der Waals surface area (Å²) in [4.78, 5) is 0. The zero-order valence-electron chi connectivity index (χ0n) is 7.96. The van der Waals surface area contributed by atoms with Crippen LogP contribution in [-0.2, 0) is 6.61 Å². The summed E-state index contributed by atoms with van der Waals surface area (Å²) in [5.74, 6) is 0.156. The van der Waals surface area contributed by atoms with Crippen molar-refractivity contribution in [3.05, 3.63) is 35.1 Å². The Morgan fingerprint density at radius 3 is 3.00 bits per heavy atom. The minimum absolute atomic E-state index is 0.222. The number of halogens is 1. The third kappa shape index (κ3) is 1.79. The Kier molecular flexibility index (Phi) is 2.79. The standard InChI is InChI=1S/C11H14FNO/c12-11-2-1-8(5-10(11)7-14)9-3-4-13-6-9/h1-2,5,9,13-14H,3-4,6-7H2. The number of aliphatic hydroxyl groups excluding tert-OH is 1. The molecule has 0 saturated carbocycles. The topological polar surface area (TPSA) is 32.3 Å². The lowest BCUT2D eigenvalue weighted by atomic mass is 9.96. The molecule has 1 fully saturated rings. The van der Waals surface area contributed by atoms with Gasteiger partial charge in [-0.05, 0) is 30.5 Å². The zero-order chi connectivity index (χ0) is 9.97. The number of aliphatic hydroxyl groups is 1. The number of hydrogen-bond donors (Lipinski definition) is 2. The summed E-state index contributed by atoms with van der Waals surface area (Å²) in [5.41, 5.74) is 1.52. The molecule has 0 spiro atoms. The molecule has 1 atom stereocenters. The van der Waals surface area contributed by atoms with Crippen molar-refractivity contribution in [2.45, 2.75) is 18.9 Å². The van der Waals surface area contributed by atoms with Gasteiger partial charge in [0.15, 0.2) is 0 Å². The van der Waals surface area contributed by atoms with Crippen LogP contribution in [0.15, 0.2) is 18.2 Å². The minimum atomic E-state index is -0.317. The highest BCUT2D eigenvalue weighted by Gasteiger charge is 2.17. The van der Waals surface area contributed by atoms with E-state index in [-0.39, 0.29) is 12.4 Å². The first-order valence-electron chi connectivity index (χ1n) is 4.91. The fourth-order valence-corrected chi connectivity index (χ4v) is 1.91. The van der Waals surface area contributed by atoms with Crippen LogP contribution in [-0.4, -0.2) is 18.2 Å². The molecule has 1 aromatic carbocycles. The molecule has 2 N–H and O–H groups in total. The zero-order valence-corrected chi connectivity index (χ0v) is 7.96. The molecule has 0 aliphatic carbocycles. The molecule has 1 aliphatic heterocycles. The van der Waals surface area contributed by atoms with Crippen molar-refractivity contribution in [2.24, 2.45) is 0 Å². The van der Waals surface area contributed by atoms with Crippen LogP contribution in [0.25, 0.3) is 0 Å². The largest absolute Gasteiger partial charge is 0.392 e. The molecule has 0 amide bonds. The molecule has 0 bridgehead atoms. The molecule has 0 aromatic heterocycles. The summed E-state index contributed by atoms with van der Waals surface area (Å²) in [6.45, 7) is 1.76. The van der Waals surface area contributed by atoms with Crippen molar-refractivity contribution in [1.82, 2.24) is 5.32 Å². The number of benzene rings is 1. The van der Waals surface area contributed by atoms with Crippen molar-refractivity contribution in [3.63, 3.8) is 0 Å². The first-order valence-corrected chi connectivity index (χ1v) is 4.91. The van der Waals surface area contributed by atoms with Crippen molar-refractivity contribution in [3.8, 4) is 0 Å². The fourth-order valence-electron chi connectivity index (χ4n) is 1.91. The molecule has 0 radical (unpaired) electrons. The normalized spacial score (nSPS) is 21.4. The van der Waals surface area contributed by atoms with Crippen LogP contribution in [0.2, 0.25) is 0 Å². The smallest absolute Gasteiger partial charge is 0.128 e. The molecule has 76 valence electrons. The highest BCUT2D eigenvalue weighted by Crippen LogP contribution is 2.24.